The lowest BCUT2D eigenvalue weighted by atomic mass is 9.86. The zero-order valence-electron chi connectivity index (χ0n) is 12.6. The molecule has 4 nitrogen and oxygen atoms in total. The average molecular weight is 309 g/mol. The quantitative estimate of drug-likeness (QED) is 0.647. The molecule has 0 aromatic heterocycles. The van der Waals surface area contributed by atoms with Gasteiger partial charge in [-0.2, -0.15) is 0 Å². The van der Waals surface area contributed by atoms with Gasteiger partial charge in [-0.3, -0.25) is 4.79 Å². The van der Waals surface area contributed by atoms with Crippen LogP contribution in [0.15, 0.2) is 29.2 Å². The summed E-state index contributed by atoms with van der Waals surface area (Å²) in [5.74, 6) is 1.75. The van der Waals surface area contributed by atoms with E-state index < -0.39 is 5.54 Å². The number of hydrogen-bond acceptors (Lipinski definition) is 5. The van der Waals surface area contributed by atoms with E-state index >= 15 is 0 Å². The van der Waals surface area contributed by atoms with Crippen LogP contribution in [-0.2, 0) is 9.53 Å². The van der Waals surface area contributed by atoms with Gasteiger partial charge in [0.2, 0.25) is 0 Å². The van der Waals surface area contributed by atoms with Crippen molar-refractivity contribution in [1.29, 1.82) is 0 Å². The third kappa shape index (κ3) is 3.71. The van der Waals surface area contributed by atoms with Crippen LogP contribution in [0.2, 0.25) is 0 Å². The third-order valence-electron chi connectivity index (χ3n) is 4.21. The fraction of sp³-hybridized carbons (Fsp3) is 0.562. The smallest absolute Gasteiger partial charge is 0.326 e. The normalized spacial score (nSPS) is 24.8. The van der Waals surface area contributed by atoms with E-state index in [2.05, 4.69) is 6.07 Å². The number of carbonyl (C=O) groups is 1. The van der Waals surface area contributed by atoms with Crippen molar-refractivity contribution in [2.75, 3.05) is 20.0 Å². The molecule has 0 bridgehead atoms. The molecule has 116 valence electrons. The number of esters is 1. The number of benzene rings is 1. The lowest BCUT2D eigenvalue weighted by Crippen LogP contribution is -2.51. The van der Waals surface area contributed by atoms with Gasteiger partial charge in [0.15, 0.2) is 0 Å². The van der Waals surface area contributed by atoms with Crippen molar-refractivity contribution in [1.82, 2.24) is 0 Å². The first kappa shape index (κ1) is 16.2. The molecule has 2 atom stereocenters. The van der Waals surface area contributed by atoms with Gasteiger partial charge in [0.1, 0.15) is 11.3 Å². The Morgan fingerprint density at radius 2 is 2.29 bits per heavy atom. The lowest BCUT2D eigenvalue weighted by Gasteiger charge is -2.28. The van der Waals surface area contributed by atoms with Crippen LogP contribution in [0.3, 0.4) is 0 Å². The first-order chi connectivity index (χ1) is 10.1. The minimum atomic E-state index is -0.788. The molecule has 2 N–H and O–H groups in total. The topological polar surface area (TPSA) is 61.5 Å². The predicted molar refractivity (Wildman–Crippen MR) is 84.6 cm³/mol. The van der Waals surface area contributed by atoms with Crippen molar-refractivity contribution < 1.29 is 14.3 Å². The minimum Gasteiger partial charge on any atom is -0.497 e. The molecule has 2 rings (SSSR count). The maximum Gasteiger partial charge on any atom is 0.326 e. The molecule has 1 saturated carbocycles. The Kier molecular flexibility index (Phi) is 5.53. The standard InChI is InChI=1S/C16H23NO3S/c1-19-13-6-3-7-14(11-13)21-10-8-12-5-4-9-16(12,17)15(18)20-2/h3,6-7,11-12H,4-5,8-10,17H2,1-2H3. The van der Waals surface area contributed by atoms with E-state index in [1.165, 1.54) is 12.0 Å². The summed E-state index contributed by atoms with van der Waals surface area (Å²) in [5.41, 5.74) is 5.49. The Bertz CT molecular complexity index is 494. The highest BCUT2D eigenvalue weighted by molar-refractivity contribution is 7.99. The molecule has 1 aromatic rings. The van der Waals surface area contributed by atoms with Gasteiger partial charge in [-0.15, -0.1) is 11.8 Å². The van der Waals surface area contributed by atoms with E-state index in [1.807, 2.05) is 18.2 Å². The van der Waals surface area contributed by atoms with Crippen molar-refractivity contribution in [2.24, 2.45) is 11.7 Å². The molecule has 5 heteroatoms. The number of thioether (sulfide) groups is 1. The van der Waals surface area contributed by atoms with Crippen LogP contribution in [0.25, 0.3) is 0 Å². The number of hydrogen-bond donors (Lipinski definition) is 1. The summed E-state index contributed by atoms with van der Waals surface area (Å²) in [6, 6.07) is 8.01. The maximum absolute atomic E-state index is 11.9. The fourth-order valence-corrected chi connectivity index (χ4v) is 3.99. The van der Waals surface area contributed by atoms with Crippen LogP contribution in [-0.4, -0.2) is 31.5 Å². The molecule has 1 fully saturated rings. The largest absolute Gasteiger partial charge is 0.497 e. The Balaban J connectivity index is 1.89. The molecule has 1 aromatic carbocycles. The molecule has 2 unspecified atom stereocenters. The lowest BCUT2D eigenvalue weighted by molar-refractivity contribution is -0.148. The zero-order chi connectivity index (χ0) is 15.3. The number of rotatable bonds is 6. The second-order valence-electron chi connectivity index (χ2n) is 5.44. The Hall–Kier alpha value is -1.20. The number of nitrogens with two attached hydrogens (primary N) is 1. The van der Waals surface area contributed by atoms with Crippen molar-refractivity contribution >= 4 is 17.7 Å². The van der Waals surface area contributed by atoms with Crippen LogP contribution in [0.5, 0.6) is 5.75 Å². The van der Waals surface area contributed by atoms with Crippen molar-refractivity contribution in [2.45, 2.75) is 36.1 Å². The van der Waals surface area contributed by atoms with Gasteiger partial charge in [0, 0.05) is 4.90 Å². The summed E-state index contributed by atoms with van der Waals surface area (Å²) in [7, 11) is 3.08. The van der Waals surface area contributed by atoms with Gasteiger partial charge >= 0.3 is 5.97 Å². The average Bonchev–Trinajstić information content (AvgIpc) is 2.89. The van der Waals surface area contributed by atoms with Crippen LogP contribution in [0.4, 0.5) is 0 Å². The molecule has 0 spiro atoms. The zero-order valence-corrected chi connectivity index (χ0v) is 13.4. The summed E-state index contributed by atoms with van der Waals surface area (Å²) in [5, 5.41) is 0. The Morgan fingerprint density at radius 3 is 3.00 bits per heavy atom. The number of carbonyl (C=O) groups excluding carboxylic acids is 1. The summed E-state index contributed by atoms with van der Waals surface area (Å²) >= 11 is 1.77. The molecule has 0 heterocycles. The van der Waals surface area contributed by atoms with Crippen LogP contribution >= 0.6 is 11.8 Å². The van der Waals surface area contributed by atoms with E-state index in [0.717, 1.165) is 37.2 Å². The first-order valence-electron chi connectivity index (χ1n) is 7.24. The molecule has 1 aliphatic rings. The minimum absolute atomic E-state index is 0.211. The van der Waals surface area contributed by atoms with E-state index in [9.17, 15) is 4.79 Å². The molecule has 1 aliphatic carbocycles. The van der Waals surface area contributed by atoms with Gasteiger partial charge in [-0.05, 0) is 49.1 Å². The SMILES string of the molecule is COC(=O)C1(N)CCCC1CCSc1cccc(OC)c1. The van der Waals surface area contributed by atoms with Crippen molar-refractivity contribution in [3.05, 3.63) is 24.3 Å². The summed E-state index contributed by atoms with van der Waals surface area (Å²) in [4.78, 5) is 13.1. The first-order valence-corrected chi connectivity index (χ1v) is 8.23. The molecule has 21 heavy (non-hydrogen) atoms. The van der Waals surface area contributed by atoms with E-state index in [1.54, 1.807) is 18.9 Å². The Morgan fingerprint density at radius 1 is 1.48 bits per heavy atom. The van der Waals surface area contributed by atoms with Gasteiger partial charge < -0.3 is 15.2 Å². The molecule has 0 aliphatic heterocycles. The van der Waals surface area contributed by atoms with Crippen LogP contribution in [0.1, 0.15) is 25.7 Å². The van der Waals surface area contributed by atoms with Gasteiger partial charge in [-0.25, -0.2) is 0 Å². The van der Waals surface area contributed by atoms with Crippen molar-refractivity contribution in [3.63, 3.8) is 0 Å². The highest BCUT2D eigenvalue weighted by atomic mass is 32.2. The number of methoxy groups -OCH3 is 2. The maximum atomic E-state index is 11.9. The summed E-state index contributed by atoms with van der Waals surface area (Å²) in [6.07, 6.45) is 3.66. The highest BCUT2D eigenvalue weighted by Crippen LogP contribution is 2.38. The summed E-state index contributed by atoms with van der Waals surface area (Å²) < 4.78 is 10.1. The van der Waals surface area contributed by atoms with E-state index in [0.29, 0.717) is 0 Å². The second-order valence-corrected chi connectivity index (χ2v) is 6.61. The van der Waals surface area contributed by atoms with Crippen LogP contribution < -0.4 is 10.5 Å². The second kappa shape index (κ2) is 7.18. The third-order valence-corrected chi connectivity index (χ3v) is 5.24. The molecular formula is C16H23NO3S. The highest BCUT2D eigenvalue weighted by Gasteiger charge is 2.46. The Labute approximate surface area is 130 Å². The van der Waals surface area contributed by atoms with E-state index in [-0.39, 0.29) is 11.9 Å². The molecule has 0 amide bonds. The predicted octanol–water partition coefficient (Wildman–Crippen LogP) is 2.85. The van der Waals surface area contributed by atoms with Gasteiger partial charge in [0.25, 0.3) is 0 Å². The van der Waals surface area contributed by atoms with Gasteiger partial charge in [0.05, 0.1) is 14.2 Å². The molecular weight excluding hydrogens is 286 g/mol. The molecule has 0 saturated heterocycles. The molecule has 0 radical (unpaired) electrons. The van der Waals surface area contributed by atoms with Crippen LogP contribution in [0, 0.1) is 5.92 Å². The summed E-state index contributed by atoms with van der Waals surface area (Å²) in [6.45, 7) is 0. The van der Waals surface area contributed by atoms with Gasteiger partial charge in [-0.1, -0.05) is 12.5 Å². The van der Waals surface area contributed by atoms with Crippen molar-refractivity contribution in [3.8, 4) is 5.75 Å². The fourth-order valence-electron chi connectivity index (χ4n) is 2.97. The monoisotopic (exact) mass is 309 g/mol. The number of ether oxygens (including phenoxy) is 2. The van der Waals surface area contributed by atoms with E-state index in [4.69, 9.17) is 15.2 Å².